The fraction of sp³-hybridized carbons (Fsp3) is 0. The van der Waals surface area contributed by atoms with Crippen molar-refractivity contribution in [3.8, 4) is 28.2 Å². The van der Waals surface area contributed by atoms with E-state index < -0.39 is 11.5 Å². The molecule has 2 aromatic rings. The van der Waals surface area contributed by atoms with Crippen LogP contribution in [-0.2, 0) is 0 Å². The smallest absolute Gasteiger partial charge is 0.871 e. The summed E-state index contributed by atoms with van der Waals surface area (Å²) in [6.45, 7) is 0. The van der Waals surface area contributed by atoms with Crippen LogP contribution in [0.1, 0.15) is 10.4 Å². The van der Waals surface area contributed by atoms with Gasteiger partial charge in [0.25, 0.3) is 0 Å². The normalized spacial score (nSPS) is 10.9. The number of rotatable bonds is 2. The SMILES string of the molecule is O=C([O-])c1c(Cl)c(Cl)c(Cl)c(Cl)c1-c1c2cc([125I])c(=O)c([125I])c-2oc2c([125I])c([O-])c([125I])cc12.[Na+].[Na+]. The Balaban J connectivity index is 0.00000216. The zero-order chi connectivity index (χ0) is 24.5. The van der Waals surface area contributed by atoms with E-state index in [1.165, 1.54) is 0 Å². The van der Waals surface area contributed by atoms with Gasteiger partial charge in [-0.1, -0.05) is 52.2 Å². The summed E-state index contributed by atoms with van der Waals surface area (Å²) in [4.78, 5) is 24.8. The first-order valence-electron chi connectivity index (χ1n) is 8.39. The fourth-order valence-corrected chi connectivity index (χ4v) is 7.91. The summed E-state index contributed by atoms with van der Waals surface area (Å²) in [7, 11) is 0. The van der Waals surface area contributed by atoms with Gasteiger partial charge in [0, 0.05) is 34.8 Å². The van der Waals surface area contributed by atoms with Crippen LogP contribution in [0.25, 0.3) is 33.4 Å². The second-order valence-corrected chi connectivity index (χ2v) is 12.5. The van der Waals surface area contributed by atoms with Crippen LogP contribution in [0.4, 0.5) is 0 Å². The maximum atomic E-state index is 12.6. The summed E-state index contributed by atoms with van der Waals surface area (Å²) in [5, 5.41) is 24.3. The predicted molar refractivity (Wildman–Crippen MR) is 159 cm³/mol. The second-order valence-electron chi connectivity index (χ2n) is 6.53. The maximum Gasteiger partial charge on any atom is 1.00 e. The Kier molecular flexibility index (Phi) is 12.5. The Morgan fingerprint density at radius 1 is 0.829 bits per heavy atom. The molecule has 0 fully saturated rings. The number of hydrogen-bond acceptors (Lipinski definition) is 5. The van der Waals surface area contributed by atoms with E-state index in [1.54, 1.807) is 12.1 Å². The number of carbonyl (C=O) groups is 1. The van der Waals surface area contributed by atoms with Gasteiger partial charge in [-0.3, -0.25) is 4.79 Å². The minimum Gasteiger partial charge on any atom is -0.871 e. The first-order chi connectivity index (χ1) is 15.4. The molecule has 0 bridgehead atoms. The molecule has 1 aliphatic carbocycles. The van der Waals surface area contributed by atoms with Gasteiger partial charge in [-0.05, 0) is 102 Å². The third-order valence-electron chi connectivity index (χ3n) is 4.73. The van der Waals surface area contributed by atoms with Gasteiger partial charge < -0.3 is 19.4 Å². The number of carboxylic acids is 1. The van der Waals surface area contributed by atoms with E-state index in [2.05, 4.69) is 0 Å². The van der Waals surface area contributed by atoms with Crippen LogP contribution in [0.3, 0.4) is 0 Å². The van der Waals surface area contributed by atoms with Crippen LogP contribution in [0, 0.1) is 14.3 Å². The zero-order valence-corrected chi connectivity index (χ0v) is 32.9. The van der Waals surface area contributed by atoms with Crippen LogP contribution >= 0.6 is 137 Å². The van der Waals surface area contributed by atoms with Crippen molar-refractivity contribution in [1.29, 1.82) is 0 Å². The topological polar surface area (TPSA) is 93.4 Å². The minimum atomic E-state index is -1.63. The average molecular weight is 1010 g/mol. The Hall–Kier alpha value is 2.48. The molecule has 35 heavy (non-hydrogen) atoms. The molecule has 0 N–H and O–H groups in total. The van der Waals surface area contributed by atoms with Gasteiger partial charge in [-0.25, -0.2) is 0 Å². The number of carboxylic acid groups (broad SMARTS) is 1. The van der Waals surface area contributed by atoms with Crippen molar-refractivity contribution in [3.63, 3.8) is 0 Å². The Bertz CT molecular complexity index is 1580. The number of benzene rings is 3. The molecular weight excluding hydrogens is 1010 g/mol. The Morgan fingerprint density at radius 3 is 1.97 bits per heavy atom. The molecule has 0 saturated heterocycles. The third-order valence-corrected chi connectivity index (χ3v) is 10.1. The standard InChI is InChI=1S/C20H4Cl4I4O5.2Na/c21-10-8(9(20(31)32)11(22)13(24)12(10)23)7-3-1-5(25)16(29)14(27)18(3)33-19-4(7)2-6(26)17(30)15(19)28;;/h1-2,29H,(H,31,32);;/q;2*+1/p-2/i25-2,26-2,27-2,28-2;;. The van der Waals surface area contributed by atoms with Crippen molar-refractivity contribution >= 4 is 154 Å². The van der Waals surface area contributed by atoms with E-state index >= 15 is 0 Å². The monoisotopic (exact) mass is 1010 g/mol. The van der Waals surface area contributed by atoms with Crippen molar-refractivity contribution in [2.45, 2.75) is 0 Å². The van der Waals surface area contributed by atoms with Gasteiger partial charge in [0.05, 0.1) is 29.6 Å². The second kappa shape index (κ2) is 13.0. The number of carbonyl (C=O) groups excluding carboxylic acids is 1. The molecular formula is C20H2Cl4I4Na2O5. The molecule has 4 rings (SSSR count). The summed E-state index contributed by atoms with van der Waals surface area (Å²) in [5.74, 6) is -1.75. The van der Waals surface area contributed by atoms with E-state index in [-0.39, 0.29) is 120 Å². The van der Waals surface area contributed by atoms with Gasteiger partial charge >= 0.3 is 59.1 Å². The van der Waals surface area contributed by atoms with Crippen LogP contribution < -0.4 is 74.8 Å². The van der Waals surface area contributed by atoms with E-state index in [4.69, 9.17) is 50.8 Å². The van der Waals surface area contributed by atoms with Gasteiger partial charge in [-0.15, -0.1) is 0 Å². The minimum absolute atomic E-state index is 0. The summed E-state index contributed by atoms with van der Waals surface area (Å²) in [6, 6.07) is 3.10. The number of hydrogen-bond donors (Lipinski definition) is 0. The molecule has 0 atom stereocenters. The third kappa shape index (κ3) is 5.80. The van der Waals surface area contributed by atoms with Gasteiger partial charge in [-0.2, -0.15) is 0 Å². The van der Waals surface area contributed by atoms with Gasteiger partial charge in [0.1, 0.15) is 9.15 Å². The van der Waals surface area contributed by atoms with Crippen molar-refractivity contribution in [2.75, 3.05) is 0 Å². The van der Waals surface area contributed by atoms with Crippen LogP contribution in [0.15, 0.2) is 21.3 Å². The van der Waals surface area contributed by atoms with E-state index in [1.807, 2.05) is 90.4 Å². The number of aromatic carboxylic acids is 1. The van der Waals surface area contributed by atoms with E-state index in [0.717, 1.165) is 0 Å². The number of halogens is 8. The molecule has 170 valence electrons. The molecule has 0 radical (unpaired) electrons. The molecule has 0 aromatic heterocycles. The molecule has 2 aromatic carbocycles. The van der Waals surface area contributed by atoms with E-state index in [0.29, 0.717) is 18.1 Å². The van der Waals surface area contributed by atoms with Crippen LogP contribution in [0.2, 0.25) is 20.1 Å². The van der Waals surface area contributed by atoms with Gasteiger partial charge in [0.2, 0.25) is 5.43 Å². The predicted octanol–water partition coefficient (Wildman–Crippen LogP) is 1.04. The summed E-state index contributed by atoms with van der Waals surface area (Å²) in [5.41, 5.74) is -0.0131. The molecule has 0 spiro atoms. The van der Waals surface area contributed by atoms with Crippen LogP contribution in [-0.4, -0.2) is 5.97 Å². The summed E-state index contributed by atoms with van der Waals surface area (Å²) >= 11 is 32.7. The summed E-state index contributed by atoms with van der Waals surface area (Å²) < 4.78 is 7.27. The molecule has 15 heteroatoms. The van der Waals surface area contributed by atoms with E-state index in [9.17, 15) is 19.8 Å². The van der Waals surface area contributed by atoms with Crippen molar-refractivity contribution in [1.82, 2.24) is 0 Å². The fourth-order valence-electron chi connectivity index (χ4n) is 3.31. The van der Waals surface area contributed by atoms with Crippen molar-refractivity contribution in [3.05, 3.63) is 62.3 Å². The van der Waals surface area contributed by atoms with Crippen LogP contribution in [0.5, 0.6) is 5.75 Å². The first kappa shape index (κ1) is 33.7. The Labute approximate surface area is 316 Å². The molecule has 2 aliphatic rings. The number of fused-ring (bicyclic) bond motifs is 2. The Morgan fingerprint density at radius 2 is 1.40 bits per heavy atom. The molecule has 0 amide bonds. The maximum absolute atomic E-state index is 12.6. The molecule has 1 heterocycles. The molecule has 5 nitrogen and oxygen atoms in total. The molecule has 0 saturated carbocycles. The zero-order valence-electron chi connectivity index (χ0n) is 17.2. The summed E-state index contributed by atoms with van der Waals surface area (Å²) in [6.07, 6.45) is 0. The van der Waals surface area contributed by atoms with Crippen molar-refractivity contribution < 1.29 is 78.5 Å². The van der Waals surface area contributed by atoms with Crippen molar-refractivity contribution in [2.24, 2.45) is 0 Å². The first-order valence-corrected chi connectivity index (χ1v) is 14.2. The molecule has 0 unspecified atom stereocenters. The largest absolute Gasteiger partial charge is 1.00 e. The quantitative estimate of drug-likeness (QED) is 0.0986. The van der Waals surface area contributed by atoms with Gasteiger partial charge in [0.15, 0.2) is 5.76 Å². The molecule has 1 aliphatic heterocycles. The average Bonchev–Trinajstić information content (AvgIpc) is 2.76.